The van der Waals surface area contributed by atoms with Crippen molar-refractivity contribution in [2.75, 3.05) is 17.2 Å². The van der Waals surface area contributed by atoms with Crippen LogP contribution in [-0.2, 0) is 10.4 Å². The number of hydrogen-bond acceptors (Lipinski definition) is 7. The Kier molecular flexibility index (Phi) is 4.02. The second kappa shape index (κ2) is 4.59. The fourth-order valence-electron chi connectivity index (χ4n) is 0.518. The SMILES string of the molecule is Nc1n[13c](N)[13c]([15NH2])c(=O)[nH]1.O=S(=O)(O)O. The van der Waals surface area contributed by atoms with E-state index in [-0.39, 0.29) is 17.5 Å². The number of hydrogen-bond donors (Lipinski definition) is 6. The van der Waals surface area contributed by atoms with Crippen LogP contribution < -0.4 is 22.8 Å². The van der Waals surface area contributed by atoms with E-state index >= 15 is 0 Å². The van der Waals surface area contributed by atoms with Gasteiger partial charge in [0.05, 0.1) is 0 Å². The monoisotopic (exact) mass is 242 g/mol. The number of aromatic amines is 1. The van der Waals surface area contributed by atoms with Gasteiger partial charge in [-0.25, -0.2) is 0 Å². The molecule has 0 saturated heterocycles. The van der Waals surface area contributed by atoms with Crippen LogP contribution in [0.25, 0.3) is 0 Å². The largest absolute Gasteiger partial charge is 0.394 e. The molecule has 0 spiro atoms. The summed E-state index contributed by atoms with van der Waals surface area (Å²) in [4.78, 5) is 16.4. The van der Waals surface area contributed by atoms with Crippen LogP contribution in [-0.4, -0.2) is 27.5 Å². The molecule has 1 rings (SSSR count). The summed E-state index contributed by atoms with van der Waals surface area (Å²) in [6.07, 6.45) is 0. The molecule has 0 radical (unpaired) electrons. The molecule has 11 heteroatoms. The van der Waals surface area contributed by atoms with Gasteiger partial charge in [0.25, 0.3) is 5.56 Å². The second-order valence-corrected chi connectivity index (χ2v) is 3.09. The van der Waals surface area contributed by atoms with E-state index in [2.05, 4.69) is 9.97 Å². The molecule has 0 atom stereocenters. The van der Waals surface area contributed by atoms with Crippen molar-refractivity contribution in [1.82, 2.24) is 9.97 Å². The van der Waals surface area contributed by atoms with Crippen molar-refractivity contribution < 1.29 is 17.5 Å². The molecular formula is C4H9N5O5S. The van der Waals surface area contributed by atoms with Gasteiger partial charge in [0.15, 0.2) is 5.82 Å². The average molecular weight is 242 g/mol. The zero-order valence-corrected chi connectivity index (χ0v) is 8.02. The van der Waals surface area contributed by atoms with Crippen LogP contribution >= 0.6 is 0 Å². The first-order valence-electron chi connectivity index (χ1n) is 3.22. The number of nitrogens with two attached hydrogens (primary N) is 3. The van der Waals surface area contributed by atoms with E-state index in [0.717, 1.165) is 0 Å². The lowest BCUT2D eigenvalue weighted by Gasteiger charge is -1.96. The molecule has 0 aromatic carbocycles. The van der Waals surface area contributed by atoms with Crippen LogP contribution in [0.2, 0.25) is 0 Å². The van der Waals surface area contributed by atoms with E-state index in [4.69, 9.17) is 34.7 Å². The maximum absolute atomic E-state index is 10.7. The van der Waals surface area contributed by atoms with E-state index in [1.54, 1.807) is 0 Å². The molecule has 1 aromatic rings. The second-order valence-electron chi connectivity index (χ2n) is 2.20. The van der Waals surface area contributed by atoms with E-state index in [0.29, 0.717) is 0 Å². The fraction of sp³-hybridized carbons (Fsp3) is 0. The average Bonchev–Trinajstić information content (AvgIpc) is 1.96. The van der Waals surface area contributed by atoms with Gasteiger partial charge in [0.1, 0.15) is 5.69 Å². The van der Waals surface area contributed by atoms with Gasteiger partial charge in [-0.2, -0.15) is 13.4 Å². The van der Waals surface area contributed by atoms with E-state index in [1.807, 2.05) is 0 Å². The predicted molar refractivity (Wildman–Crippen MR) is 52.3 cm³/mol. The van der Waals surface area contributed by atoms with Crippen molar-refractivity contribution in [2.45, 2.75) is 0 Å². The summed E-state index contributed by atoms with van der Waals surface area (Å²) < 4.78 is 31.6. The minimum atomic E-state index is -4.67. The Morgan fingerprint density at radius 1 is 1.20 bits per heavy atom. The molecule has 0 bridgehead atoms. The molecule has 0 amide bonds. The zero-order chi connectivity index (χ0) is 12.2. The third-order valence-corrected chi connectivity index (χ3v) is 1.00. The zero-order valence-electron chi connectivity index (χ0n) is 7.21. The summed E-state index contributed by atoms with van der Waals surface area (Å²) in [5.41, 5.74) is 14.9. The summed E-state index contributed by atoms with van der Waals surface area (Å²) in [7, 11) is -4.67. The topological polar surface area (TPSA) is 198 Å². The number of nitrogens with one attached hydrogen (secondary N) is 1. The van der Waals surface area contributed by atoms with Gasteiger partial charge >= 0.3 is 10.4 Å². The summed E-state index contributed by atoms with van der Waals surface area (Å²) in [6, 6.07) is 0. The van der Waals surface area contributed by atoms with E-state index < -0.39 is 16.0 Å². The maximum atomic E-state index is 10.7. The molecule has 0 saturated carbocycles. The quantitative estimate of drug-likeness (QED) is 0.217. The van der Waals surface area contributed by atoms with Crippen molar-refractivity contribution in [3.05, 3.63) is 10.4 Å². The Bertz CT molecular complexity index is 485. The van der Waals surface area contributed by atoms with Gasteiger partial charge in [-0.3, -0.25) is 18.9 Å². The Morgan fingerprint density at radius 3 is 1.93 bits per heavy atom. The smallest absolute Gasteiger partial charge is 0.391 e. The standard InChI is InChI=1S/C4H7N5O.H2O4S/c5-1-2(6)8-4(7)9-3(1)10;1-5(2,3)4/h5H2,(H5,6,7,8,9,10);(H2,1,2,3,4)/i1+1,2+1,5+1;. The summed E-state index contributed by atoms with van der Waals surface area (Å²) in [6.45, 7) is 0. The predicted octanol–water partition coefficient (Wildman–Crippen LogP) is -2.14. The number of anilines is 3. The molecule has 0 fully saturated rings. The van der Waals surface area contributed by atoms with Crippen LogP contribution in [0, 0.1) is 0 Å². The first kappa shape index (κ1) is 13.2. The molecular weight excluding hydrogens is 233 g/mol. The molecule has 15 heavy (non-hydrogen) atoms. The first-order valence-corrected chi connectivity index (χ1v) is 4.61. The number of aromatic nitrogens is 2. The highest BCUT2D eigenvalue weighted by atomic mass is 32.3. The summed E-state index contributed by atoms with van der Waals surface area (Å²) >= 11 is 0. The van der Waals surface area contributed by atoms with Crippen LogP contribution in [0.3, 0.4) is 0 Å². The van der Waals surface area contributed by atoms with Crippen molar-refractivity contribution in [3.63, 3.8) is 0 Å². The molecule has 0 unspecified atom stereocenters. The van der Waals surface area contributed by atoms with Crippen LogP contribution in [0.5, 0.6) is 0 Å². The van der Waals surface area contributed by atoms with Crippen molar-refractivity contribution in [3.8, 4) is 0 Å². The van der Waals surface area contributed by atoms with Gasteiger partial charge in [-0.05, 0) is 0 Å². The lowest BCUT2D eigenvalue weighted by atomic mass is 10.9. The first-order chi connectivity index (χ1) is 6.61. The minimum absolute atomic E-state index is 0.0308. The normalized spacial score (nSPS) is 10.3. The number of H-pyrrole nitrogens is 1. The molecule has 1 heterocycles. The Morgan fingerprint density at radius 2 is 1.60 bits per heavy atom. The van der Waals surface area contributed by atoms with E-state index in [9.17, 15) is 4.79 Å². The lowest BCUT2D eigenvalue weighted by Crippen LogP contribution is -2.17. The van der Waals surface area contributed by atoms with Crippen LogP contribution in [0.15, 0.2) is 4.79 Å². The molecule has 10 nitrogen and oxygen atoms in total. The van der Waals surface area contributed by atoms with Crippen molar-refractivity contribution >= 4 is 27.9 Å². The van der Waals surface area contributed by atoms with Crippen molar-refractivity contribution in [2.24, 2.45) is 0 Å². The minimum Gasteiger partial charge on any atom is -0.391 e. The number of rotatable bonds is 0. The molecule has 0 aliphatic heterocycles. The fourth-order valence-corrected chi connectivity index (χ4v) is 0.518. The lowest BCUT2D eigenvalue weighted by molar-refractivity contribution is 0.381. The van der Waals surface area contributed by atoms with Gasteiger partial charge in [0.2, 0.25) is 5.95 Å². The summed E-state index contributed by atoms with van der Waals surface area (Å²) in [5.74, 6) is -0.0713. The van der Waals surface area contributed by atoms with Gasteiger partial charge in [-0.1, -0.05) is 0 Å². The van der Waals surface area contributed by atoms with Crippen LogP contribution in [0.1, 0.15) is 0 Å². The van der Waals surface area contributed by atoms with Gasteiger partial charge in [0, 0.05) is 0 Å². The Balaban J connectivity index is 0.000000336. The van der Waals surface area contributed by atoms with E-state index in [1.165, 1.54) is 0 Å². The highest BCUT2D eigenvalue weighted by Crippen LogP contribution is 2.02. The van der Waals surface area contributed by atoms with Gasteiger partial charge in [-0.15, -0.1) is 0 Å². The third-order valence-electron chi connectivity index (χ3n) is 1.00. The molecule has 0 aliphatic carbocycles. The van der Waals surface area contributed by atoms with Gasteiger partial charge < -0.3 is 17.2 Å². The highest BCUT2D eigenvalue weighted by molar-refractivity contribution is 7.79. The maximum Gasteiger partial charge on any atom is 0.394 e. The number of nitrogens with zero attached hydrogens (tertiary/aromatic N) is 1. The number of nitrogen functional groups attached to an aromatic ring is 3. The molecule has 9 N–H and O–H groups in total. The summed E-state index contributed by atoms with van der Waals surface area (Å²) in [5, 5.41) is 0. The molecule has 1 aromatic heterocycles. The Hall–Kier alpha value is -1.85. The Labute approximate surface area is 83.7 Å². The highest BCUT2D eigenvalue weighted by Gasteiger charge is 2.00. The third kappa shape index (κ3) is 6.25. The van der Waals surface area contributed by atoms with Crippen molar-refractivity contribution in [1.29, 1.82) is 0 Å². The molecule has 0 aliphatic rings. The van der Waals surface area contributed by atoms with Crippen LogP contribution in [0.4, 0.5) is 17.5 Å². The molecule has 86 valence electrons.